The van der Waals surface area contributed by atoms with Crippen LogP contribution in [0.5, 0.6) is 0 Å². The Morgan fingerprint density at radius 3 is 2.74 bits per heavy atom. The molecule has 0 unspecified atom stereocenters. The lowest BCUT2D eigenvalue weighted by Gasteiger charge is -2.17. The summed E-state index contributed by atoms with van der Waals surface area (Å²) in [6.07, 6.45) is -0.510. The highest BCUT2D eigenvalue weighted by Gasteiger charge is 2.23. The number of nitrogens with zero attached hydrogens (tertiary/aromatic N) is 2. The lowest BCUT2D eigenvalue weighted by Crippen LogP contribution is -2.31. The van der Waals surface area contributed by atoms with Gasteiger partial charge in [0, 0.05) is 25.9 Å². The number of rotatable bonds is 7. The maximum absolute atomic E-state index is 12.2. The molecule has 5 nitrogen and oxygen atoms in total. The lowest BCUT2D eigenvalue weighted by atomic mass is 10.4. The molecular weight excluding hydrogens is 276 g/mol. The highest BCUT2D eigenvalue weighted by molar-refractivity contribution is 7.89. The van der Waals surface area contributed by atoms with E-state index in [1.807, 2.05) is 6.92 Å². The van der Waals surface area contributed by atoms with Gasteiger partial charge in [-0.05, 0) is 12.5 Å². The minimum atomic E-state index is -3.91. The summed E-state index contributed by atoms with van der Waals surface area (Å²) in [7, 11) is -2.78. The van der Waals surface area contributed by atoms with Crippen LogP contribution in [0.4, 0.5) is 14.6 Å². The molecule has 19 heavy (non-hydrogen) atoms. The van der Waals surface area contributed by atoms with Gasteiger partial charge in [0.05, 0.1) is 11.4 Å². The summed E-state index contributed by atoms with van der Waals surface area (Å²) < 4.78 is 49.2. The molecule has 8 heteroatoms. The number of sulfonamides is 1. The maximum atomic E-state index is 12.2. The van der Waals surface area contributed by atoms with Crippen molar-refractivity contribution in [1.82, 2.24) is 9.29 Å². The fourth-order valence-electron chi connectivity index (χ4n) is 1.39. The van der Waals surface area contributed by atoms with Crippen molar-refractivity contribution < 1.29 is 17.2 Å². The molecule has 0 aromatic carbocycles. The van der Waals surface area contributed by atoms with Crippen LogP contribution in [0.15, 0.2) is 23.2 Å². The van der Waals surface area contributed by atoms with E-state index < -0.39 is 23.0 Å². The third-order valence-corrected chi connectivity index (χ3v) is 4.21. The van der Waals surface area contributed by atoms with E-state index in [1.54, 1.807) is 0 Å². The number of halogens is 2. The number of hydrogen-bond acceptors (Lipinski definition) is 4. The van der Waals surface area contributed by atoms with Gasteiger partial charge in [0.1, 0.15) is 5.82 Å². The first kappa shape index (κ1) is 15.8. The van der Waals surface area contributed by atoms with Crippen LogP contribution in [-0.4, -0.2) is 44.3 Å². The number of pyridine rings is 1. The van der Waals surface area contributed by atoms with E-state index in [2.05, 4.69) is 10.3 Å². The van der Waals surface area contributed by atoms with Crippen molar-refractivity contribution in [1.29, 1.82) is 0 Å². The Labute approximate surface area is 111 Å². The monoisotopic (exact) mass is 293 g/mol. The van der Waals surface area contributed by atoms with E-state index in [1.165, 1.54) is 18.3 Å². The molecule has 0 saturated carbocycles. The van der Waals surface area contributed by atoms with Gasteiger partial charge >= 0.3 is 0 Å². The highest BCUT2D eigenvalue weighted by Crippen LogP contribution is 2.17. The quantitative estimate of drug-likeness (QED) is 0.832. The average molecular weight is 293 g/mol. The number of anilines is 1. The Morgan fingerprint density at radius 1 is 1.47 bits per heavy atom. The molecule has 0 bridgehead atoms. The van der Waals surface area contributed by atoms with Crippen molar-refractivity contribution in [3.05, 3.63) is 18.3 Å². The molecule has 0 saturated heterocycles. The summed E-state index contributed by atoms with van der Waals surface area (Å²) in [5.41, 5.74) is 0. The molecule has 108 valence electrons. The molecule has 1 heterocycles. The molecule has 0 fully saturated rings. The SMILES string of the molecule is CCCNc1cc(S(=O)(=O)N(C)CC(F)F)ccn1. The lowest BCUT2D eigenvalue weighted by molar-refractivity contribution is 0.126. The first-order valence-electron chi connectivity index (χ1n) is 5.82. The zero-order chi connectivity index (χ0) is 14.5. The summed E-state index contributed by atoms with van der Waals surface area (Å²) in [4.78, 5) is 3.92. The first-order chi connectivity index (χ1) is 8.87. The van der Waals surface area contributed by atoms with Crippen molar-refractivity contribution >= 4 is 15.8 Å². The van der Waals surface area contributed by atoms with Crippen molar-refractivity contribution in [3.8, 4) is 0 Å². The first-order valence-corrected chi connectivity index (χ1v) is 7.26. The summed E-state index contributed by atoms with van der Waals surface area (Å²) in [5, 5.41) is 2.94. The highest BCUT2D eigenvalue weighted by atomic mass is 32.2. The third-order valence-electron chi connectivity index (χ3n) is 2.39. The molecule has 0 aliphatic rings. The molecule has 0 spiro atoms. The van der Waals surface area contributed by atoms with Crippen LogP contribution in [0.3, 0.4) is 0 Å². The summed E-state index contributed by atoms with van der Waals surface area (Å²) >= 11 is 0. The molecule has 1 N–H and O–H groups in total. The largest absolute Gasteiger partial charge is 0.370 e. The molecule has 0 radical (unpaired) electrons. The summed E-state index contributed by atoms with van der Waals surface area (Å²) in [6.45, 7) is 1.79. The van der Waals surface area contributed by atoms with Crippen molar-refractivity contribution in [2.75, 3.05) is 25.5 Å². The van der Waals surface area contributed by atoms with E-state index in [0.717, 1.165) is 13.5 Å². The predicted octanol–water partition coefficient (Wildman–Crippen LogP) is 1.79. The minimum Gasteiger partial charge on any atom is -0.370 e. The van der Waals surface area contributed by atoms with E-state index in [9.17, 15) is 17.2 Å². The molecule has 1 rings (SSSR count). The molecular formula is C11H17F2N3O2S. The Hall–Kier alpha value is -1.28. The van der Waals surface area contributed by atoms with Crippen molar-refractivity contribution in [2.45, 2.75) is 24.7 Å². The van der Waals surface area contributed by atoms with Crippen LogP contribution in [-0.2, 0) is 10.0 Å². The zero-order valence-electron chi connectivity index (χ0n) is 10.8. The predicted molar refractivity (Wildman–Crippen MR) is 68.8 cm³/mol. The molecule has 1 aromatic heterocycles. The second-order valence-corrected chi connectivity index (χ2v) is 6.03. The number of hydrogen-bond donors (Lipinski definition) is 1. The van der Waals surface area contributed by atoms with Gasteiger partial charge < -0.3 is 5.32 Å². The van der Waals surface area contributed by atoms with Gasteiger partial charge in [-0.25, -0.2) is 22.2 Å². The van der Waals surface area contributed by atoms with Crippen LogP contribution >= 0.6 is 0 Å². The van der Waals surface area contributed by atoms with Gasteiger partial charge in [0.15, 0.2) is 0 Å². The third kappa shape index (κ3) is 4.39. The maximum Gasteiger partial charge on any atom is 0.252 e. The van der Waals surface area contributed by atoms with Crippen LogP contribution in [0.25, 0.3) is 0 Å². The van der Waals surface area contributed by atoms with Gasteiger partial charge in [-0.15, -0.1) is 0 Å². The van der Waals surface area contributed by atoms with Crippen molar-refractivity contribution in [2.24, 2.45) is 0 Å². The number of nitrogens with one attached hydrogen (secondary N) is 1. The second-order valence-electron chi connectivity index (χ2n) is 3.98. The second kappa shape index (κ2) is 6.76. The smallest absolute Gasteiger partial charge is 0.252 e. The fraction of sp³-hybridized carbons (Fsp3) is 0.545. The van der Waals surface area contributed by atoms with Crippen molar-refractivity contribution in [3.63, 3.8) is 0 Å². The number of alkyl halides is 2. The fourth-order valence-corrected chi connectivity index (χ4v) is 2.56. The Bertz CT molecular complexity index is 508. The Balaban J connectivity index is 2.94. The molecule has 0 atom stereocenters. The van der Waals surface area contributed by atoms with Crippen LogP contribution < -0.4 is 5.32 Å². The van der Waals surface area contributed by atoms with Crippen LogP contribution in [0.2, 0.25) is 0 Å². The summed E-state index contributed by atoms with van der Waals surface area (Å²) in [6, 6.07) is 2.63. The molecule has 0 aliphatic heterocycles. The molecule has 1 aromatic rings. The Kier molecular flexibility index (Phi) is 5.61. The van der Waals surface area contributed by atoms with E-state index in [-0.39, 0.29) is 4.90 Å². The number of aromatic nitrogens is 1. The zero-order valence-corrected chi connectivity index (χ0v) is 11.6. The topological polar surface area (TPSA) is 62.3 Å². The van der Waals surface area contributed by atoms with Gasteiger partial charge in [-0.3, -0.25) is 0 Å². The normalized spacial score (nSPS) is 12.1. The molecule has 0 aliphatic carbocycles. The van der Waals surface area contributed by atoms with E-state index >= 15 is 0 Å². The van der Waals surface area contributed by atoms with Crippen LogP contribution in [0.1, 0.15) is 13.3 Å². The van der Waals surface area contributed by atoms with E-state index in [0.29, 0.717) is 16.7 Å². The van der Waals surface area contributed by atoms with E-state index in [4.69, 9.17) is 0 Å². The summed E-state index contributed by atoms with van der Waals surface area (Å²) in [5.74, 6) is 0.411. The van der Waals surface area contributed by atoms with Gasteiger partial charge in [0.2, 0.25) is 10.0 Å². The Morgan fingerprint density at radius 2 is 2.16 bits per heavy atom. The molecule has 0 amide bonds. The average Bonchev–Trinajstić information content (AvgIpc) is 2.35. The minimum absolute atomic E-state index is 0.0516. The van der Waals surface area contributed by atoms with Crippen LogP contribution in [0, 0.1) is 0 Å². The standard InChI is InChI=1S/C11H17F2N3O2S/c1-3-5-14-11-7-9(4-6-15-11)19(17,18)16(2)8-10(12)13/h4,6-7,10H,3,5,8H2,1-2H3,(H,14,15). The van der Waals surface area contributed by atoms with Gasteiger partial charge in [-0.2, -0.15) is 4.31 Å². The van der Waals surface area contributed by atoms with Gasteiger partial charge in [-0.1, -0.05) is 6.92 Å². The van der Waals surface area contributed by atoms with Gasteiger partial charge in [0.25, 0.3) is 6.43 Å².